The van der Waals surface area contributed by atoms with Gasteiger partial charge in [-0.15, -0.1) is 11.3 Å². The van der Waals surface area contributed by atoms with E-state index in [-0.39, 0.29) is 6.04 Å². The summed E-state index contributed by atoms with van der Waals surface area (Å²) in [6.45, 7) is 2.88. The van der Waals surface area contributed by atoms with Gasteiger partial charge < -0.3 is 10.3 Å². The van der Waals surface area contributed by atoms with E-state index in [4.69, 9.17) is 5.73 Å². The Labute approximate surface area is 93.6 Å². The van der Waals surface area contributed by atoms with Gasteiger partial charge in [0.2, 0.25) is 0 Å². The summed E-state index contributed by atoms with van der Waals surface area (Å²) in [4.78, 5) is 4.25. The highest BCUT2D eigenvalue weighted by Gasteiger charge is 2.01. The first-order chi connectivity index (χ1) is 7.24. The van der Waals surface area contributed by atoms with Crippen LogP contribution < -0.4 is 5.73 Å². The number of rotatable bonds is 4. The Balaban J connectivity index is 2.01. The van der Waals surface area contributed by atoms with E-state index in [9.17, 15) is 0 Å². The number of hydrogen-bond donors (Lipinski definition) is 1. The Hall–Kier alpha value is -1.13. The van der Waals surface area contributed by atoms with Gasteiger partial charge in [-0.1, -0.05) is 0 Å². The van der Waals surface area contributed by atoms with E-state index in [1.807, 2.05) is 18.5 Å². The minimum atomic E-state index is 0.223. The van der Waals surface area contributed by atoms with Crippen molar-refractivity contribution in [3.05, 3.63) is 40.6 Å². The molecule has 80 valence electrons. The van der Waals surface area contributed by atoms with Gasteiger partial charge in [-0.3, -0.25) is 0 Å². The molecular formula is C11H15N3S. The zero-order valence-electron chi connectivity index (χ0n) is 8.76. The van der Waals surface area contributed by atoms with Gasteiger partial charge in [0.05, 0.1) is 6.54 Å². The van der Waals surface area contributed by atoms with Crippen LogP contribution in [-0.4, -0.2) is 15.6 Å². The second kappa shape index (κ2) is 4.59. The van der Waals surface area contributed by atoms with Gasteiger partial charge in [0.25, 0.3) is 0 Å². The van der Waals surface area contributed by atoms with Crippen molar-refractivity contribution in [3.63, 3.8) is 0 Å². The molecule has 0 amide bonds. The molecular weight excluding hydrogens is 206 g/mol. The number of thiazole rings is 1. The lowest BCUT2D eigenvalue weighted by Crippen LogP contribution is -2.17. The molecule has 2 heterocycles. The van der Waals surface area contributed by atoms with E-state index in [1.165, 1.54) is 5.56 Å². The van der Waals surface area contributed by atoms with E-state index in [0.29, 0.717) is 0 Å². The topological polar surface area (TPSA) is 43.8 Å². The van der Waals surface area contributed by atoms with Crippen molar-refractivity contribution in [2.75, 3.05) is 0 Å². The van der Waals surface area contributed by atoms with Crippen LogP contribution in [0.3, 0.4) is 0 Å². The third kappa shape index (κ3) is 2.91. The van der Waals surface area contributed by atoms with Crippen LogP contribution in [-0.2, 0) is 13.0 Å². The molecule has 2 aromatic heterocycles. The summed E-state index contributed by atoms with van der Waals surface area (Å²) in [6, 6.07) is 2.34. The molecule has 0 spiro atoms. The molecule has 4 heteroatoms. The molecule has 0 saturated carbocycles. The molecule has 0 aliphatic rings. The van der Waals surface area contributed by atoms with Crippen LogP contribution in [0.2, 0.25) is 0 Å². The highest BCUT2D eigenvalue weighted by molar-refractivity contribution is 7.09. The van der Waals surface area contributed by atoms with Crippen molar-refractivity contribution >= 4 is 11.3 Å². The van der Waals surface area contributed by atoms with Crippen LogP contribution in [0.4, 0.5) is 0 Å². The number of hydrogen-bond acceptors (Lipinski definition) is 3. The van der Waals surface area contributed by atoms with Crippen molar-refractivity contribution in [1.29, 1.82) is 0 Å². The van der Waals surface area contributed by atoms with Crippen molar-refractivity contribution < 1.29 is 0 Å². The van der Waals surface area contributed by atoms with Crippen molar-refractivity contribution in [1.82, 2.24) is 9.55 Å². The summed E-state index contributed by atoms with van der Waals surface area (Å²) in [5.41, 5.74) is 7.04. The lowest BCUT2D eigenvalue weighted by molar-refractivity contribution is 0.731. The maximum absolute atomic E-state index is 5.75. The van der Waals surface area contributed by atoms with E-state index < -0.39 is 0 Å². The predicted octanol–water partition coefficient (Wildman–Crippen LogP) is 1.88. The molecule has 0 radical (unpaired) electrons. The fraction of sp³-hybridized carbons (Fsp3) is 0.364. The summed E-state index contributed by atoms with van der Waals surface area (Å²) >= 11 is 1.68. The Kier molecular flexibility index (Phi) is 3.18. The Morgan fingerprint density at radius 1 is 1.60 bits per heavy atom. The molecule has 0 saturated heterocycles. The van der Waals surface area contributed by atoms with Gasteiger partial charge in [-0.25, -0.2) is 4.98 Å². The molecule has 1 unspecified atom stereocenters. The summed E-state index contributed by atoms with van der Waals surface area (Å²) < 4.78 is 2.15. The minimum absolute atomic E-state index is 0.223. The molecule has 3 nitrogen and oxygen atoms in total. The Morgan fingerprint density at radius 2 is 2.47 bits per heavy atom. The van der Waals surface area contributed by atoms with Gasteiger partial charge in [0.15, 0.2) is 0 Å². The lowest BCUT2D eigenvalue weighted by Gasteiger charge is -2.01. The average Bonchev–Trinajstić information content (AvgIpc) is 2.77. The smallest absolute Gasteiger partial charge is 0.112 e. The fourth-order valence-corrected chi connectivity index (χ4v) is 2.19. The van der Waals surface area contributed by atoms with Crippen LogP contribution in [0.15, 0.2) is 30.0 Å². The van der Waals surface area contributed by atoms with Crippen molar-refractivity contribution in [2.24, 2.45) is 5.73 Å². The molecule has 2 N–H and O–H groups in total. The highest BCUT2D eigenvalue weighted by Crippen LogP contribution is 2.09. The van der Waals surface area contributed by atoms with Gasteiger partial charge in [0, 0.05) is 30.0 Å². The number of nitrogens with two attached hydrogens (primary N) is 1. The van der Waals surface area contributed by atoms with Crippen LogP contribution >= 0.6 is 11.3 Å². The zero-order valence-corrected chi connectivity index (χ0v) is 9.57. The molecule has 15 heavy (non-hydrogen) atoms. The molecule has 2 rings (SSSR count). The van der Waals surface area contributed by atoms with Crippen LogP contribution in [0.5, 0.6) is 0 Å². The number of aromatic nitrogens is 2. The first-order valence-electron chi connectivity index (χ1n) is 5.02. The Bertz CT molecular complexity index is 403. The third-order valence-electron chi connectivity index (χ3n) is 2.17. The number of nitrogens with zero attached hydrogens (tertiary/aromatic N) is 2. The predicted molar refractivity (Wildman–Crippen MR) is 63.0 cm³/mol. The maximum Gasteiger partial charge on any atom is 0.112 e. The summed E-state index contributed by atoms with van der Waals surface area (Å²) in [6.07, 6.45) is 7.00. The molecule has 0 aromatic carbocycles. The van der Waals surface area contributed by atoms with Crippen LogP contribution in [0.1, 0.15) is 17.5 Å². The normalized spacial score (nSPS) is 12.9. The van der Waals surface area contributed by atoms with E-state index >= 15 is 0 Å². The van der Waals surface area contributed by atoms with Crippen molar-refractivity contribution in [2.45, 2.75) is 25.9 Å². The molecule has 0 fully saturated rings. The molecule has 0 aliphatic heterocycles. The summed E-state index contributed by atoms with van der Waals surface area (Å²) in [5.74, 6) is 0. The second-order valence-electron chi connectivity index (χ2n) is 3.80. The van der Waals surface area contributed by atoms with Crippen LogP contribution in [0, 0.1) is 0 Å². The van der Waals surface area contributed by atoms with Gasteiger partial charge >= 0.3 is 0 Å². The Morgan fingerprint density at radius 3 is 3.13 bits per heavy atom. The van der Waals surface area contributed by atoms with Gasteiger partial charge in [-0.2, -0.15) is 0 Å². The van der Waals surface area contributed by atoms with Crippen LogP contribution in [0.25, 0.3) is 0 Å². The van der Waals surface area contributed by atoms with E-state index in [2.05, 4.69) is 28.0 Å². The average molecular weight is 221 g/mol. The second-order valence-corrected chi connectivity index (χ2v) is 4.78. The molecule has 1 atom stereocenters. The van der Waals surface area contributed by atoms with Gasteiger partial charge in [-0.05, 0) is 25.0 Å². The quantitative estimate of drug-likeness (QED) is 0.856. The lowest BCUT2D eigenvalue weighted by atomic mass is 10.1. The zero-order chi connectivity index (χ0) is 10.7. The standard InChI is InChI=1S/C11H15N3S/c1-9(12)6-10-2-4-14(7-10)8-11-13-3-5-15-11/h2-5,7,9H,6,8,12H2,1H3. The highest BCUT2D eigenvalue weighted by atomic mass is 32.1. The minimum Gasteiger partial charge on any atom is -0.347 e. The molecule has 2 aromatic rings. The monoisotopic (exact) mass is 221 g/mol. The first-order valence-corrected chi connectivity index (χ1v) is 5.90. The maximum atomic E-state index is 5.75. The largest absolute Gasteiger partial charge is 0.347 e. The van der Waals surface area contributed by atoms with E-state index in [1.54, 1.807) is 11.3 Å². The summed E-state index contributed by atoms with van der Waals surface area (Å²) in [5, 5.41) is 3.14. The first kappa shape index (κ1) is 10.4. The third-order valence-corrected chi connectivity index (χ3v) is 2.94. The molecule has 0 bridgehead atoms. The van der Waals surface area contributed by atoms with E-state index in [0.717, 1.165) is 18.0 Å². The van der Waals surface area contributed by atoms with Gasteiger partial charge in [0.1, 0.15) is 5.01 Å². The SMILES string of the molecule is CC(N)Cc1ccn(Cc2nccs2)c1. The van der Waals surface area contributed by atoms with Crippen molar-refractivity contribution in [3.8, 4) is 0 Å². The molecule has 0 aliphatic carbocycles. The summed E-state index contributed by atoms with van der Waals surface area (Å²) in [7, 11) is 0. The fourth-order valence-electron chi connectivity index (χ4n) is 1.57.